The summed E-state index contributed by atoms with van der Waals surface area (Å²) in [6.07, 6.45) is 2.21. The molecule has 0 spiro atoms. The number of nitrogens with one attached hydrogen (secondary N) is 3. The molecular formula is C47H52N4O5. The number of hydrogen-bond acceptors (Lipinski definition) is 6. The van der Waals surface area contributed by atoms with Crippen molar-refractivity contribution >= 4 is 18.0 Å². The average Bonchev–Trinajstić information content (AvgIpc) is 3.55. The summed E-state index contributed by atoms with van der Waals surface area (Å²) in [5, 5.41) is 19.2. The van der Waals surface area contributed by atoms with Crippen molar-refractivity contribution in [3.8, 4) is 11.1 Å². The Bertz CT molecular complexity index is 1970. The fourth-order valence-corrected chi connectivity index (χ4v) is 7.81. The Morgan fingerprint density at radius 1 is 0.661 bits per heavy atom. The number of unbranched alkanes of at least 4 members (excludes halogenated alkanes) is 2. The van der Waals surface area contributed by atoms with E-state index in [1.54, 1.807) is 0 Å². The van der Waals surface area contributed by atoms with Gasteiger partial charge in [0.1, 0.15) is 18.7 Å². The van der Waals surface area contributed by atoms with Crippen LogP contribution in [0.4, 0.5) is 4.79 Å². The van der Waals surface area contributed by atoms with Crippen molar-refractivity contribution in [1.29, 1.82) is 0 Å². The molecule has 9 heteroatoms. The molecule has 0 aromatic heterocycles. The number of aryl methyl sites for hydroxylation is 1. The van der Waals surface area contributed by atoms with Crippen LogP contribution >= 0.6 is 0 Å². The lowest BCUT2D eigenvalue weighted by Gasteiger charge is -2.37. The number of aliphatic carboxylic acids is 1. The average molecular weight is 753 g/mol. The molecule has 0 heterocycles. The Balaban J connectivity index is 1.16. The molecule has 5 aromatic rings. The minimum Gasteiger partial charge on any atom is -0.480 e. The van der Waals surface area contributed by atoms with Crippen molar-refractivity contribution in [1.82, 2.24) is 16.0 Å². The number of rotatable bonds is 19. The molecule has 0 saturated heterocycles. The molecule has 0 radical (unpaired) electrons. The van der Waals surface area contributed by atoms with E-state index in [0.717, 1.165) is 38.9 Å². The number of ether oxygens (including phenoxy) is 1. The van der Waals surface area contributed by atoms with Gasteiger partial charge < -0.3 is 26.2 Å². The van der Waals surface area contributed by atoms with Crippen molar-refractivity contribution in [3.05, 3.63) is 167 Å². The molecule has 1 aliphatic rings. The highest BCUT2D eigenvalue weighted by Crippen LogP contribution is 2.44. The first kappa shape index (κ1) is 39.9. The third-order valence-electron chi connectivity index (χ3n) is 10.7. The number of benzene rings is 5. The van der Waals surface area contributed by atoms with Crippen LogP contribution in [-0.4, -0.2) is 54.9 Å². The molecule has 1 aliphatic carbocycles. The van der Waals surface area contributed by atoms with Crippen LogP contribution < -0.4 is 21.7 Å². The summed E-state index contributed by atoms with van der Waals surface area (Å²) in [5.41, 5.74) is 13.8. The number of carbonyl (C=O) groups excluding carboxylic acids is 2. The second-order valence-corrected chi connectivity index (χ2v) is 14.5. The van der Waals surface area contributed by atoms with Crippen molar-refractivity contribution in [2.45, 2.75) is 69.0 Å². The van der Waals surface area contributed by atoms with Gasteiger partial charge in [0, 0.05) is 5.92 Å². The SMILES string of the molecule is Cc1ccc(C(NCCCC[C@H](NC(=O)OCC2c3ccccc3-c3ccccc32)C(=O)N[C@@H](CCCCN)C(=O)O)(c2ccccc2)c2ccccc2)cc1. The van der Waals surface area contributed by atoms with Crippen LogP contribution in [0.1, 0.15) is 77.8 Å². The van der Waals surface area contributed by atoms with E-state index in [9.17, 15) is 19.5 Å². The first-order chi connectivity index (χ1) is 27.3. The zero-order valence-corrected chi connectivity index (χ0v) is 32.0. The zero-order chi connectivity index (χ0) is 39.3. The van der Waals surface area contributed by atoms with Gasteiger partial charge in [-0.1, -0.05) is 139 Å². The van der Waals surface area contributed by atoms with E-state index >= 15 is 0 Å². The quantitative estimate of drug-likeness (QED) is 0.0431. The van der Waals surface area contributed by atoms with Crippen LogP contribution in [0, 0.1) is 6.92 Å². The van der Waals surface area contributed by atoms with Crippen molar-refractivity contribution < 1.29 is 24.2 Å². The van der Waals surface area contributed by atoms with Crippen LogP contribution in [0.25, 0.3) is 11.1 Å². The molecule has 0 aliphatic heterocycles. The van der Waals surface area contributed by atoms with E-state index in [0.29, 0.717) is 38.8 Å². The Hall–Kier alpha value is -5.77. The molecule has 9 nitrogen and oxygen atoms in total. The number of carboxylic acids is 1. The van der Waals surface area contributed by atoms with E-state index in [1.807, 2.05) is 72.8 Å². The van der Waals surface area contributed by atoms with E-state index in [1.165, 1.54) is 5.56 Å². The molecule has 0 saturated carbocycles. The second-order valence-electron chi connectivity index (χ2n) is 14.5. The van der Waals surface area contributed by atoms with Gasteiger partial charge in [0.05, 0.1) is 5.54 Å². The minimum atomic E-state index is -1.13. The number of nitrogens with two attached hydrogens (primary N) is 1. The van der Waals surface area contributed by atoms with Gasteiger partial charge in [0.2, 0.25) is 5.91 Å². The molecule has 6 rings (SSSR count). The lowest BCUT2D eigenvalue weighted by Crippen LogP contribution is -2.51. The molecule has 0 fully saturated rings. The first-order valence-corrected chi connectivity index (χ1v) is 19.6. The predicted molar refractivity (Wildman–Crippen MR) is 220 cm³/mol. The summed E-state index contributed by atoms with van der Waals surface area (Å²) in [5.74, 6) is -1.84. The lowest BCUT2D eigenvalue weighted by molar-refractivity contribution is -0.142. The molecular weight excluding hydrogens is 701 g/mol. The van der Waals surface area contributed by atoms with E-state index in [-0.39, 0.29) is 25.4 Å². The Morgan fingerprint density at radius 2 is 1.18 bits per heavy atom. The first-order valence-electron chi connectivity index (χ1n) is 19.6. The Labute approximate surface area is 329 Å². The highest BCUT2D eigenvalue weighted by Gasteiger charge is 2.36. The maximum Gasteiger partial charge on any atom is 0.407 e. The number of amides is 2. The lowest BCUT2D eigenvalue weighted by atomic mass is 9.76. The van der Waals surface area contributed by atoms with Gasteiger partial charge in [-0.15, -0.1) is 0 Å². The largest absolute Gasteiger partial charge is 0.480 e. The fourth-order valence-electron chi connectivity index (χ4n) is 7.81. The summed E-state index contributed by atoms with van der Waals surface area (Å²) < 4.78 is 5.81. The number of hydrogen-bond donors (Lipinski definition) is 5. The molecule has 2 atom stereocenters. The van der Waals surface area contributed by atoms with Crippen molar-refractivity contribution in [2.24, 2.45) is 5.73 Å². The standard InChI is InChI=1S/C47H52N4O5/c1-33-26-28-36(29-27-33)47(34-16-4-2-5-17-34,35-18-6-3-7-19-35)49-31-15-13-24-42(44(52)50-43(45(53)54)25-12-14-30-48)51-46(55)56-32-41-39-22-10-8-20-37(39)38-21-9-11-23-40(38)41/h2-11,16-23,26-29,41-43,49H,12-15,24-25,30-32,48H2,1H3,(H,50,52)(H,51,55)(H,53,54)/t42-,43-/m0/s1. The molecule has 6 N–H and O–H groups in total. The number of carboxylic acid groups (broad SMARTS) is 1. The monoisotopic (exact) mass is 752 g/mol. The number of alkyl carbamates (subject to hydrolysis) is 1. The minimum absolute atomic E-state index is 0.0923. The second kappa shape index (κ2) is 19.2. The summed E-state index contributed by atoms with van der Waals surface area (Å²) in [7, 11) is 0. The highest BCUT2D eigenvalue weighted by molar-refractivity contribution is 5.89. The van der Waals surface area contributed by atoms with Gasteiger partial charge in [-0.25, -0.2) is 9.59 Å². The van der Waals surface area contributed by atoms with Crippen LogP contribution in [0.3, 0.4) is 0 Å². The van der Waals surface area contributed by atoms with E-state index in [4.69, 9.17) is 10.5 Å². The van der Waals surface area contributed by atoms with Crippen molar-refractivity contribution in [3.63, 3.8) is 0 Å². The normalized spacial score (nSPS) is 13.2. The van der Waals surface area contributed by atoms with Crippen LogP contribution in [-0.2, 0) is 19.9 Å². The van der Waals surface area contributed by atoms with Gasteiger partial charge in [-0.3, -0.25) is 10.1 Å². The highest BCUT2D eigenvalue weighted by atomic mass is 16.5. The summed E-state index contributed by atoms with van der Waals surface area (Å²) >= 11 is 0. The maximum atomic E-state index is 13.7. The smallest absolute Gasteiger partial charge is 0.407 e. The van der Waals surface area contributed by atoms with Gasteiger partial charge in [-0.05, 0) is 97.5 Å². The van der Waals surface area contributed by atoms with Gasteiger partial charge in [0.25, 0.3) is 0 Å². The zero-order valence-electron chi connectivity index (χ0n) is 32.0. The molecule has 5 aromatic carbocycles. The number of fused-ring (bicyclic) bond motifs is 3. The van der Waals surface area contributed by atoms with E-state index < -0.39 is 35.6 Å². The van der Waals surface area contributed by atoms with Crippen molar-refractivity contribution in [2.75, 3.05) is 19.7 Å². The molecule has 2 amide bonds. The summed E-state index contributed by atoms with van der Waals surface area (Å²) in [6.45, 7) is 3.19. The number of carbonyl (C=O) groups is 3. The third kappa shape index (κ3) is 9.36. The summed E-state index contributed by atoms with van der Waals surface area (Å²) in [4.78, 5) is 39.3. The van der Waals surface area contributed by atoms with Gasteiger partial charge in [0.15, 0.2) is 0 Å². The molecule has 290 valence electrons. The summed E-state index contributed by atoms with van der Waals surface area (Å²) in [6, 6.07) is 43.3. The van der Waals surface area contributed by atoms with Gasteiger partial charge >= 0.3 is 12.1 Å². The topological polar surface area (TPSA) is 143 Å². The molecule has 0 bridgehead atoms. The Morgan fingerprint density at radius 3 is 1.75 bits per heavy atom. The maximum absolute atomic E-state index is 13.7. The van der Waals surface area contributed by atoms with Crippen LogP contribution in [0.15, 0.2) is 133 Å². The Kier molecular flexibility index (Phi) is 13.7. The third-order valence-corrected chi connectivity index (χ3v) is 10.7. The molecule has 56 heavy (non-hydrogen) atoms. The van der Waals surface area contributed by atoms with Crippen LogP contribution in [0.2, 0.25) is 0 Å². The molecule has 0 unspecified atom stereocenters. The predicted octanol–water partition coefficient (Wildman–Crippen LogP) is 7.65. The van der Waals surface area contributed by atoms with Crippen LogP contribution in [0.5, 0.6) is 0 Å². The fraction of sp³-hybridized carbons (Fsp3) is 0.298. The van der Waals surface area contributed by atoms with E-state index in [2.05, 4.69) is 83.5 Å². The van der Waals surface area contributed by atoms with Gasteiger partial charge in [-0.2, -0.15) is 0 Å².